The SMILES string of the molecule is [MgH2].[Mn].[Zn].[Zn]. The Bertz CT molecular complexity index is 6.00. The zero-order chi connectivity index (χ0) is 0. The molecule has 0 aliphatic rings. The van der Waals surface area contributed by atoms with Gasteiger partial charge in [0.2, 0.25) is 0 Å². The Hall–Kier alpha value is 2.53. The second-order valence-electron chi connectivity index (χ2n) is 0. The summed E-state index contributed by atoms with van der Waals surface area (Å²) in [5.74, 6) is 0. The van der Waals surface area contributed by atoms with E-state index in [1.165, 1.54) is 0 Å². The minimum absolute atomic E-state index is 0. The normalized spacial score (nSPS) is 0. The van der Waals surface area contributed by atoms with E-state index < -0.39 is 0 Å². The minimum atomic E-state index is 0. The first-order valence-electron chi connectivity index (χ1n) is 0. The van der Waals surface area contributed by atoms with Crippen LogP contribution in [0.25, 0.3) is 0 Å². The molecule has 0 N–H and O–H groups in total. The number of hydrogen-bond donors (Lipinski definition) is 0. The summed E-state index contributed by atoms with van der Waals surface area (Å²) in [6.45, 7) is 0. The third-order valence-corrected chi connectivity index (χ3v) is 0. The molecule has 0 rings (SSSR count). The number of rotatable bonds is 0. The molecule has 0 aromatic carbocycles. The van der Waals surface area contributed by atoms with Crippen molar-refractivity contribution < 1.29 is 56.0 Å². The smallest absolute Gasteiger partial charge is 0 e. The molecule has 0 spiro atoms. The van der Waals surface area contributed by atoms with Gasteiger partial charge in [0.1, 0.15) is 0 Å². The molecule has 0 atom stereocenters. The van der Waals surface area contributed by atoms with E-state index in [4.69, 9.17) is 0 Å². The maximum Gasteiger partial charge on any atom is 0.316 e. The van der Waals surface area contributed by atoms with Crippen LogP contribution in [0.3, 0.4) is 0 Å². The third-order valence-electron chi connectivity index (χ3n) is 0. The van der Waals surface area contributed by atoms with Crippen molar-refractivity contribution >= 4 is 23.1 Å². The summed E-state index contributed by atoms with van der Waals surface area (Å²) in [7, 11) is 0. The number of hydrogen-bond acceptors (Lipinski definition) is 0. The largest absolute Gasteiger partial charge is 0.316 e. The van der Waals surface area contributed by atoms with E-state index in [2.05, 4.69) is 0 Å². The van der Waals surface area contributed by atoms with Gasteiger partial charge in [-0.05, 0) is 0 Å². The predicted molar refractivity (Wildman–Crippen MR) is 8.54 cm³/mol. The standard InChI is InChI=1S/Mg.Mn.2Zn.2H. The Morgan fingerprint density at radius 3 is 0.750 bits per heavy atom. The van der Waals surface area contributed by atoms with Crippen molar-refractivity contribution in [2.24, 2.45) is 0 Å². The molecule has 0 aliphatic carbocycles. The van der Waals surface area contributed by atoms with Crippen molar-refractivity contribution in [3.8, 4) is 0 Å². The Morgan fingerprint density at radius 1 is 0.750 bits per heavy atom. The molecule has 4 heteroatoms. The van der Waals surface area contributed by atoms with Crippen LogP contribution in [0.2, 0.25) is 0 Å². The molecular weight excluding hydrogens is 210 g/mol. The molecule has 0 amide bonds. The van der Waals surface area contributed by atoms with Gasteiger partial charge in [-0.25, -0.2) is 0 Å². The quantitative estimate of drug-likeness (QED) is 0.455. The van der Waals surface area contributed by atoms with Crippen LogP contribution < -0.4 is 0 Å². The van der Waals surface area contributed by atoms with E-state index in [1.54, 1.807) is 0 Å². The Kier molecular flexibility index (Phi) is 138. The Balaban J connectivity index is 0. The maximum atomic E-state index is 0. The maximum absolute atomic E-state index is 0. The summed E-state index contributed by atoms with van der Waals surface area (Å²) < 4.78 is 0. The van der Waals surface area contributed by atoms with Crippen LogP contribution in [0, 0.1) is 0 Å². The summed E-state index contributed by atoms with van der Waals surface area (Å²) in [5, 5.41) is 0. The average molecular weight is 212 g/mol. The van der Waals surface area contributed by atoms with Crippen molar-refractivity contribution in [3.05, 3.63) is 0 Å². The average Bonchev–Trinajstić information content (AvgIpc) is 0. The van der Waals surface area contributed by atoms with Crippen molar-refractivity contribution in [2.45, 2.75) is 0 Å². The van der Waals surface area contributed by atoms with Gasteiger partial charge in [0.05, 0.1) is 0 Å². The summed E-state index contributed by atoms with van der Waals surface area (Å²) in [6, 6.07) is 0. The van der Waals surface area contributed by atoms with Crippen molar-refractivity contribution in [2.75, 3.05) is 0 Å². The van der Waals surface area contributed by atoms with E-state index in [-0.39, 0.29) is 79.1 Å². The second-order valence-corrected chi connectivity index (χ2v) is 0. The molecule has 15 valence electrons. The third kappa shape index (κ3) is 8.82. The summed E-state index contributed by atoms with van der Waals surface area (Å²) >= 11 is 0. The zero-order valence-corrected chi connectivity index (χ0v) is 8.91. The molecule has 0 aliphatic heterocycles. The molecule has 1 radical (unpaired) electrons. The summed E-state index contributed by atoms with van der Waals surface area (Å²) in [5.41, 5.74) is 0. The van der Waals surface area contributed by atoms with Gasteiger partial charge in [0, 0.05) is 56.0 Å². The molecule has 0 bridgehead atoms. The van der Waals surface area contributed by atoms with E-state index in [1.807, 2.05) is 0 Å². The topological polar surface area (TPSA) is 0 Å². The zero-order valence-electron chi connectivity index (χ0n) is 1.79. The second kappa shape index (κ2) is 17.7. The first-order valence-corrected chi connectivity index (χ1v) is 0. The Labute approximate surface area is 78.0 Å². The van der Waals surface area contributed by atoms with Gasteiger partial charge in [-0.1, -0.05) is 0 Å². The summed E-state index contributed by atoms with van der Waals surface area (Å²) in [6.07, 6.45) is 0. The van der Waals surface area contributed by atoms with Crippen LogP contribution in [0.15, 0.2) is 0 Å². The fraction of sp³-hybridized carbons (Fsp3) is 0. The molecular formula is H2MgMnZn2. The van der Waals surface area contributed by atoms with Crippen LogP contribution in [-0.4, -0.2) is 23.1 Å². The van der Waals surface area contributed by atoms with Gasteiger partial charge in [-0.2, -0.15) is 0 Å². The van der Waals surface area contributed by atoms with Crippen LogP contribution >= 0.6 is 0 Å². The molecule has 0 aromatic heterocycles. The molecule has 0 saturated carbocycles. The van der Waals surface area contributed by atoms with Crippen LogP contribution in [-0.2, 0) is 56.0 Å². The fourth-order valence-corrected chi connectivity index (χ4v) is 0. The van der Waals surface area contributed by atoms with E-state index in [9.17, 15) is 0 Å². The van der Waals surface area contributed by atoms with Gasteiger partial charge in [0.25, 0.3) is 0 Å². The molecule has 0 fully saturated rings. The Morgan fingerprint density at radius 2 is 0.750 bits per heavy atom. The molecule has 4 heavy (non-hydrogen) atoms. The fourth-order valence-electron chi connectivity index (χ4n) is 0. The molecule has 0 heterocycles. The van der Waals surface area contributed by atoms with Crippen molar-refractivity contribution in [3.63, 3.8) is 0 Å². The van der Waals surface area contributed by atoms with E-state index in [0.717, 1.165) is 0 Å². The van der Waals surface area contributed by atoms with E-state index >= 15 is 0 Å². The van der Waals surface area contributed by atoms with Crippen LogP contribution in [0.4, 0.5) is 0 Å². The predicted octanol–water partition coefficient (Wildman–Crippen LogP) is -0.924. The monoisotopic (exact) mass is 209 g/mol. The molecule has 0 aromatic rings. The van der Waals surface area contributed by atoms with Crippen LogP contribution in [0.1, 0.15) is 0 Å². The summed E-state index contributed by atoms with van der Waals surface area (Å²) in [4.78, 5) is 0. The van der Waals surface area contributed by atoms with Crippen molar-refractivity contribution in [1.82, 2.24) is 0 Å². The van der Waals surface area contributed by atoms with Gasteiger partial charge < -0.3 is 0 Å². The van der Waals surface area contributed by atoms with Gasteiger partial charge >= 0.3 is 23.1 Å². The molecule has 0 unspecified atom stereocenters. The van der Waals surface area contributed by atoms with E-state index in [0.29, 0.717) is 0 Å². The minimum Gasteiger partial charge on any atom is 0 e. The first kappa shape index (κ1) is 31.2. The van der Waals surface area contributed by atoms with Gasteiger partial charge in [0.15, 0.2) is 0 Å². The molecule has 0 nitrogen and oxygen atoms in total. The van der Waals surface area contributed by atoms with Crippen LogP contribution in [0.5, 0.6) is 0 Å². The molecule has 0 saturated heterocycles. The van der Waals surface area contributed by atoms with Gasteiger partial charge in [-0.15, -0.1) is 0 Å². The van der Waals surface area contributed by atoms with Gasteiger partial charge in [-0.3, -0.25) is 0 Å². The first-order chi connectivity index (χ1) is 0. The van der Waals surface area contributed by atoms with Crippen molar-refractivity contribution in [1.29, 1.82) is 0 Å².